The monoisotopic (exact) mass is 380 g/mol. The lowest BCUT2D eigenvalue weighted by Gasteiger charge is -2.15. The Morgan fingerprint density at radius 3 is 2.24 bits per heavy atom. The molecule has 0 saturated carbocycles. The zero-order valence-corrected chi connectivity index (χ0v) is 15.9. The summed E-state index contributed by atoms with van der Waals surface area (Å²) in [5.74, 6) is -0.284. The van der Waals surface area contributed by atoms with Crippen molar-refractivity contribution in [2.45, 2.75) is 37.8 Å². The predicted molar refractivity (Wildman–Crippen MR) is 99.2 cm³/mol. The van der Waals surface area contributed by atoms with Crippen LogP contribution in [0.1, 0.15) is 42.7 Å². The molecule has 2 N–H and O–H groups in total. The van der Waals surface area contributed by atoms with Gasteiger partial charge in [0, 0.05) is 16.6 Å². The number of hydrogen-bond acceptors (Lipinski definition) is 3. The largest absolute Gasteiger partial charge is 0.346 e. The highest BCUT2D eigenvalue weighted by molar-refractivity contribution is 7.89. The van der Waals surface area contributed by atoms with Crippen molar-refractivity contribution in [3.8, 4) is 0 Å². The summed E-state index contributed by atoms with van der Waals surface area (Å²) in [4.78, 5) is 12.5. The Balaban J connectivity index is 2.10. The van der Waals surface area contributed by atoms with Gasteiger partial charge in [-0.2, -0.15) is 0 Å². The summed E-state index contributed by atoms with van der Waals surface area (Å²) in [6.45, 7) is 5.35. The lowest BCUT2D eigenvalue weighted by molar-refractivity contribution is 0.0940. The van der Waals surface area contributed by atoms with Gasteiger partial charge in [0.2, 0.25) is 10.0 Å². The molecule has 7 heteroatoms. The molecule has 1 amide bonds. The van der Waals surface area contributed by atoms with Gasteiger partial charge < -0.3 is 5.32 Å². The fourth-order valence-electron chi connectivity index (χ4n) is 2.30. The predicted octanol–water partition coefficient (Wildman–Crippen LogP) is 3.52. The van der Waals surface area contributed by atoms with Crippen LogP contribution >= 0.6 is 11.6 Å². The van der Waals surface area contributed by atoms with E-state index in [0.717, 1.165) is 5.56 Å². The fraction of sp³-hybridized carbons (Fsp3) is 0.278. The standard InChI is InChI=1S/C18H21ClN2O3S/c1-12(2)21-25(23,24)17-9-7-14(8-10-17)18(22)20-13(3)15-5-4-6-16(19)11-15/h4-13,21H,1-3H3,(H,20,22). The Labute approximate surface area is 153 Å². The van der Waals surface area contributed by atoms with Gasteiger partial charge in [0.25, 0.3) is 5.91 Å². The average Bonchev–Trinajstić information content (AvgIpc) is 2.53. The van der Waals surface area contributed by atoms with E-state index in [9.17, 15) is 13.2 Å². The van der Waals surface area contributed by atoms with E-state index in [1.165, 1.54) is 24.3 Å². The summed E-state index contributed by atoms with van der Waals surface area (Å²) in [7, 11) is -3.57. The van der Waals surface area contributed by atoms with Gasteiger partial charge in [-0.25, -0.2) is 13.1 Å². The van der Waals surface area contributed by atoms with Crippen LogP contribution in [0.3, 0.4) is 0 Å². The third-order valence-corrected chi connectivity index (χ3v) is 5.42. The highest BCUT2D eigenvalue weighted by atomic mass is 35.5. The first-order valence-corrected chi connectivity index (χ1v) is 9.74. The quantitative estimate of drug-likeness (QED) is 0.805. The number of benzene rings is 2. The van der Waals surface area contributed by atoms with Crippen LogP contribution in [0, 0.1) is 0 Å². The lowest BCUT2D eigenvalue weighted by Crippen LogP contribution is -2.30. The second-order valence-electron chi connectivity index (χ2n) is 6.05. The summed E-state index contributed by atoms with van der Waals surface area (Å²) < 4.78 is 26.7. The Kier molecular flexibility index (Phi) is 6.21. The van der Waals surface area contributed by atoms with Crippen molar-refractivity contribution < 1.29 is 13.2 Å². The third kappa shape index (κ3) is 5.29. The summed E-state index contributed by atoms with van der Waals surface area (Å²) >= 11 is 5.96. The number of carbonyl (C=O) groups is 1. The van der Waals surface area contributed by atoms with Crippen LogP contribution in [0.25, 0.3) is 0 Å². The minimum absolute atomic E-state index is 0.126. The molecule has 0 bridgehead atoms. The first-order valence-electron chi connectivity index (χ1n) is 7.88. The molecule has 2 aromatic rings. The Bertz CT molecular complexity index is 849. The van der Waals surface area contributed by atoms with Crippen LogP contribution in [0.15, 0.2) is 53.4 Å². The van der Waals surface area contributed by atoms with Gasteiger partial charge in [-0.3, -0.25) is 4.79 Å². The summed E-state index contributed by atoms with van der Waals surface area (Å²) in [5, 5.41) is 3.47. The number of carbonyl (C=O) groups excluding carboxylic acids is 1. The molecule has 1 atom stereocenters. The van der Waals surface area contributed by atoms with Gasteiger partial charge in [-0.05, 0) is 62.7 Å². The van der Waals surface area contributed by atoms with Gasteiger partial charge in [-0.1, -0.05) is 23.7 Å². The van der Waals surface area contributed by atoms with Crippen LogP contribution in [-0.4, -0.2) is 20.4 Å². The fourth-order valence-corrected chi connectivity index (χ4v) is 3.75. The minimum atomic E-state index is -3.57. The first kappa shape index (κ1) is 19.4. The number of nitrogens with one attached hydrogen (secondary N) is 2. The van der Waals surface area contributed by atoms with Gasteiger partial charge in [-0.15, -0.1) is 0 Å². The highest BCUT2D eigenvalue weighted by Crippen LogP contribution is 2.18. The topological polar surface area (TPSA) is 75.3 Å². The lowest BCUT2D eigenvalue weighted by atomic mass is 10.1. The zero-order chi connectivity index (χ0) is 18.6. The Morgan fingerprint density at radius 1 is 1.04 bits per heavy atom. The van der Waals surface area contributed by atoms with Crippen LogP contribution in [-0.2, 0) is 10.0 Å². The van der Waals surface area contributed by atoms with Crippen LogP contribution in [0.2, 0.25) is 5.02 Å². The minimum Gasteiger partial charge on any atom is -0.346 e. The maximum atomic E-state index is 12.3. The van der Waals surface area contributed by atoms with E-state index in [2.05, 4.69) is 10.0 Å². The van der Waals surface area contributed by atoms with E-state index < -0.39 is 10.0 Å². The van der Waals surface area contributed by atoms with Gasteiger partial charge in [0.1, 0.15) is 0 Å². The van der Waals surface area contributed by atoms with E-state index in [1.807, 2.05) is 19.1 Å². The third-order valence-electron chi connectivity index (χ3n) is 3.51. The molecule has 0 fully saturated rings. The number of amides is 1. The molecule has 0 aliphatic carbocycles. The summed E-state index contributed by atoms with van der Waals surface area (Å²) in [6.07, 6.45) is 0. The number of sulfonamides is 1. The second-order valence-corrected chi connectivity index (χ2v) is 8.20. The second kappa shape index (κ2) is 7.99. The van der Waals surface area contributed by atoms with Crippen molar-refractivity contribution in [2.24, 2.45) is 0 Å². The molecule has 1 unspecified atom stereocenters. The van der Waals surface area contributed by atoms with Gasteiger partial charge in [0.05, 0.1) is 10.9 Å². The molecule has 5 nitrogen and oxygen atoms in total. The first-order chi connectivity index (χ1) is 11.7. The molecule has 0 aliphatic heterocycles. The van der Waals surface area contributed by atoms with E-state index in [1.54, 1.807) is 26.0 Å². The number of hydrogen-bond donors (Lipinski definition) is 2. The van der Waals surface area contributed by atoms with Crippen LogP contribution < -0.4 is 10.0 Å². The smallest absolute Gasteiger partial charge is 0.251 e. The van der Waals surface area contributed by atoms with Gasteiger partial charge >= 0.3 is 0 Å². The number of rotatable bonds is 6. The maximum Gasteiger partial charge on any atom is 0.251 e. The zero-order valence-electron chi connectivity index (χ0n) is 14.3. The number of halogens is 1. The van der Waals surface area contributed by atoms with E-state index in [-0.39, 0.29) is 22.9 Å². The molecule has 0 spiro atoms. The van der Waals surface area contributed by atoms with Crippen molar-refractivity contribution in [1.82, 2.24) is 10.0 Å². The molecule has 2 aromatic carbocycles. The summed E-state index contributed by atoms with van der Waals surface area (Å²) in [6, 6.07) is 12.7. The van der Waals surface area contributed by atoms with E-state index in [4.69, 9.17) is 11.6 Å². The molecule has 0 heterocycles. The average molecular weight is 381 g/mol. The van der Waals surface area contributed by atoms with Crippen molar-refractivity contribution in [3.63, 3.8) is 0 Å². The molecule has 2 rings (SSSR count). The molecule has 134 valence electrons. The SMILES string of the molecule is CC(C)NS(=O)(=O)c1ccc(C(=O)NC(C)c2cccc(Cl)c2)cc1. The van der Waals surface area contributed by atoms with Crippen molar-refractivity contribution in [1.29, 1.82) is 0 Å². The van der Waals surface area contributed by atoms with E-state index in [0.29, 0.717) is 10.6 Å². The molecule has 0 saturated heterocycles. The molecule has 25 heavy (non-hydrogen) atoms. The highest BCUT2D eigenvalue weighted by Gasteiger charge is 2.17. The maximum absolute atomic E-state index is 12.3. The molecular formula is C18H21ClN2O3S. The Hall–Kier alpha value is -1.89. The van der Waals surface area contributed by atoms with Crippen molar-refractivity contribution in [3.05, 3.63) is 64.7 Å². The molecule has 0 radical (unpaired) electrons. The van der Waals surface area contributed by atoms with E-state index >= 15 is 0 Å². The van der Waals surface area contributed by atoms with Crippen LogP contribution in [0.4, 0.5) is 0 Å². The van der Waals surface area contributed by atoms with Crippen LogP contribution in [0.5, 0.6) is 0 Å². The Morgan fingerprint density at radius 2 is 1.68 bits per heavy atom. The normalized spacial score (nSPS) is 12.8. The van der Waals surface area contributed by atoms with Crippen molar-refractivity contribution in [2.75, 3.05) is 0 Å². The molecular weight excluding hydrogens is 360 g/mol. The molecule has 0 aliphatic rings. The molecule has 0 aromatic heterocycles. The van der Waals surface area contributed by atoms with Gasteiger partial charge in [0.15, 0.2) is 0 Å². The summed E-state index contributed by atoms with van der Waals surface area (Å²) in [5.41, 5.74) is 1.28. The van der Waals surface area contributed by atoms with Crippen molar-refractivity contribution >= 4 is 27.5 Å².